The van der Waals surface area contributed by atoms with E-state index >= 15 is 0 Å². The van der Waals surface area contributed by atoms with Gasteiger partial charge in [0.05, 0.1) is 4.92 Å². The van der Waals surface area contributed by atoms with Gasteiger partial charge in [0, 0.05) is 17.7 Å². The SMILES string of the molecule is CC1C=C(Nc2ccccc2[N+](=O)[O-])[C@@H]2C[C@H](C)CC[C@@H]12. The Balaban J connectivity index is 1.85. The van der Waals surface area contributed by atoms with Crippen LogP contribution in [0.4, 0.5) is 11.4 Å². The van der Waals surface area contributed by atoms with Crippen LogP contribution in [0.15, 0.2) is 36.0 Å². The minimum Gasteiger partial charge on any atom is -0.353 e. The molecule has 0 saturated heterocycles. The molecule has 21 heavy (non-hydrogen) atoms. The van der Waals surface area contributed by atoms with E-state index in [0.29, 0.717) is 23.4 Å². The summed E-state index contributed by atoms with van der Waals surface area (Å²) in [5.41, 5.74) is 1.95. The zero-order valence-corrected chi connectivity index (χ0v) is 12.6. The molecule has 0 amide bonds. The smallest absolute Gasteiger partial charge is 0.292 e. The molecule has 4 heteroatoms. The number of nitro benzene ring substituents is 1. The first kappa shape index (κ1) is 14.1. The molecular formula is C17H22N2O2. The third-order valence-electron chi connectivity index (χ3n) is 5.06. The molecule has 1 saturated carbocycles. The Morgan fingerprint density at radius 1 is 1.24 bits per heavy atom. The molecule has 0 aromatic heterocycles. The summed E-state index contributed by atoms with van der Waals surface area (Å²) in [5, 5.41) is 14.5. The number of hydrogen-bond acceptors (Lipinski definition) is 3. The van der Waals surface area contributed by atoms with Crippen molar-refractivity contribution in [3.63, 3.8) is 0 Å². The highest BCUT2D eigenvalue weighted by atomic mass is 16.6. The summed E-state index contributed by atoms with van der Waals surface area (Å²) in [7, 11) is 0. The maximum absolute atomic E-state index is 11.1. The summed E-state index contributed by atoms with van der Waals surface area (Å²) in [4.78, 5) is 10.8. The van der Waals surface area contributed by atoms with Crippen molar-refractivity contribution in [3.05, 3.63) is 46.2 Å². The van der Waals surface area contributed by atoms with Crippen molar-refractivity contribution in [1.82, 2.24) is 0 Å². The van der Waals surface area contributed by atoms with Crippen LogP contribution >= 0.6 is 0 Å². The molecule has 0 aliphatic heterocycles. The topological polar surface area (TPSA) is 55.2 Å². The van der Waals surface area contributed by atoms with Crippen LogP contribution in [0.1, 0.15) is 33.1 Å². The predicted octanol–water partition coefficient (Wildman–Crippen LogP) is 4.59. The fourth-order valence-corrected chi connectivity index (χ4v) is 3.95. The van der Waals surface area contributed by atoms with Crippen LogP contribution in [0, 0.1) is 33.8 Å². The van der Waals surface area contributed by atoms with Crippen LogP contribution < -0.4 is 5.32 Å². The summed E-state index contributed by atoms with van der Waals surface area (Å²) in [6.07, 6.45) is 6.04. The lowest BCUT2D eigenvalue weighted by molar-refractivity contribution is -0.383. The van der Waals surface area contributed by atoms with E-state index in [1.165, 1.54) is 25.0 Å². The highest BCUT2D eigenvalue weighted by molar-refractivity contribution is 5.64. The van der Waals surface area contributed by atoms with Gasteiger partial charge >= 0.3 is 0 Å². The van der Waals surface area contributed by atoms with Crippen molar-refractivity contribution in [2.45, 2.75) is 33.1 Å². The molecule has 4 nitrogen and oxygen atoms in total. The largest absolute Gasteiger partial charge is 0.353 e. The van der Waals surface area contributed by atoms with Crippen molar-refractivity contribution in [3.8, 4) is 0 Å². The Labute approximate surface area is 125 Å². The summed E-state index contributed by atoms with van der Waals surface area (Å²) in [6, 6.07) is 6.90. The van der Waals surface area contributed by atoms with Gasteiger partial charge in [-0.3, -0.25) is 10.1 Å². The van der Waals surface area contributed by atoms with E-state index in [0.717, 1.165) is 5.92 Å². The first-order valence-corrected chi connectivity index (χ1v) is 7.78. The molecular weight excluding hydrogens is 264 g/mol. The van der Waals surface area contributed by atoms with Gasteiger partial charge in [0.15, 0.2) is 0 Å². The van der Waals surface area contributed by atoms with Gasteiger partial charge < -0.3 is 5.32 Å². The Bertz CT molecular complexity index is 582. The number of nitrogens with one attached hydrogen (secondary N) is 1. The maximum atomic E-state index is 11.1. The number of nitrogens with zero attached hydrogens (tertiary/aromatic N) is 1. The van der Waals surface area contributed by atoms with Crippen LogP contribution in [0.25, 0.3) is 0 Å². The molecule has 1 N–H and O–H groups in total. The number of benzene rings is 1. The minimum atomic E-state index is -0.317. The zero-order chi connectivity index (χ0) is 15.0. The Morgan fingerprint density at radius 3 is 2.76 bits per heavy atom. The second-order valence-electron chi connectivity index (χ2n) is 6.57. The molecule has 0 heterocycles. The van der Waals surface area contributed by atoms with Crippen molar-refractivity contribution in [1.29, 1.82) is 0 Å². The summed E-state index contributed by atoms with van der Waals surface area (Å²) in [6.45, 7) is 4.57. The second-order valence-corrected chi connectivity index (χ2v) is 6.57. The minimum absolute atomic E-state index is 0.151. The van der Waals surface area contributed by atoms with E-state index in [1.54, 1.807) is 18.2 Å². The summed E-state index contributed by atoms with van der Waals surface area (Å²) < 4.78 is 0. The van der Waals surface area contributed by atoms with Crippen molar-refractivity contribution < 1.29 is 4.92 Å². The number of fused-ring (bicyclic) bond motifs is 1. The third-order valence-corrected chi connectivity index (χ3v) is 5.06. The quantitative estimate of drug-likeness (QED) is 0.653. The lowest BCUT2D eigenvalue weighted by Gasteiger charge is -2.33. The maximum Gasteiger partial charge on any atom is 0.292 e. The molecule has 1 unspecified atom stereocenters. The lowest BCUT2D eigenvalue weighted by atomic mass is 9.73. The summed E-state index contributed by atoms with van der Waals surface area (Å²) in [5.74, 6) is 2.54. The molecule has 112 valence electrons. The van der Waals surface area contributed by atoms with Crippen molar-refractivity contribution in [2.24, 2.45) is 23.7 Å². The Kier molecular flexibility index (Phi) is 3.70. The molecule has 0 radical (unpaired) electrons. The van der Waals surface area contributed by atoms with E-state index in [9.17, 15) is 10.1 Å². The zero-order valence-electron chi connectivity index (χ0n) is 12.6. The Morgan fingerprint density at radius 2 is 2.00 bits per heavy atom. The van der Waals surface area contributed by atoms with Crippen LogP contribution in [0.3, 0.4) is 0 Å². The van der Waals surface area contributed by atoms with Crippen molar-refractivity contribution in [2.75, 3.05) is 5.32 Å². The molecule has 0 bridgehead atoms. The first-order valence-electron chi connectivity index (χ1n) is 7.78. The van der Waals surface area contributed by atoms with Crippen LogP contribution in [-0.4, -0.2) is 4.92 Å². The van der Waals surface area contributed by atoms with E-state index in [2.05, 4.69) is 25.2 Å². The number of anilines is 1. The average Bonchev–Trinajstić information content (AvgIpc) is 2.75. The van der Waals surface area contributed by atoms with Crippen LogP contribution in [0.2, 0.25) is 0 Å². The molecule has 2 aliphatic rings. The first-order chi connectivity index (χ1) is 10.1. The van der Waals surface area contributed by atoms with E-state index in [-0.39, 0.29) is 10.6 Å². The summed E-state index contributed by atoms with van der Waals surface area (Å²) >= 11 is 0. The normalized spacial score (nSPS) is 31.4. The van der Waals surface area contributed by atoms with Crippen molar-refractivity contribution >= 4 is 11.4 Å². The second kappa shape index (κ2) is 5.51. The number of nitro groups is 1. The molecule has 2 aliphatic carbocycles. The van der Waals surface area contributed by atoms with Gasteiger partial charge in [-0.25, -0.2) is 0 Å². The van der Waals surface area contributed by atoms with Gasteiger partial charge in [-0.05, 0) is 36.7 Å². The number of para-hydroxylation sites is 2. The lowest BCUT2D eigenvalue weighted by Crippen LogP contribution is -2.26. The number of hydrogen-bond donors (Lipinski definition) is 1. The fourth-order valence-electron chi connectivity index (χ4n) is 3.95. The third kappa shape index (κ3) is 2.67. The van der Waals surface area contributed by atoms with E-state index < -0.39 is 0 Å². The van der Waals surface area contributed by atoms with Crippen LogP contribution in [-0.2, 0) is 0 Å². The van der Waals surface area contributed by atoms with E-state index in [1.807, 2.05) is 6.07 Å². The van der Waals surface area contributed by atoms with Crippen LogP contribution in [0.5, 0.6) is 0 Å². The molecule has 0 spiro atoms. The van der Waals surface area contributed by atoms with Gasteiger partial charge in [-0.1, -0.05) is 38.5 Å². The van der Waals surface area contributed by atoms with E-state index in [4.69, 9.17) is 0 Å². The van der Waals surface area contributed by atoms with Gasteiger partial charge in [-0.15, -0.1) is 0 Å². The number of allylic oxidation sites excluding steroid dienone is 2. The number of rotatable bonds is 3. The standard InChI is InChI=1S/C17H22N2O2/c1-11-7-8-13-12(2)10-16(14(13)9-11)18-15-5-3-4-6-17(15)19(20)21/h3-6,10-14,18H,7-9H2,1-2H3/t11-,12?,13+,14-/m1/s1. The molecule has 1 fully saturated rings. The van der Waals surface area contributed by atoms with Gasteiger partial charge in [0.25, 0.3) is 5.69 Å². The van der Waals surface area contributed by atoms with Gasteiger partial charge in [0.2, 0.25) is 0 Å². The highest BCUT2D eigenvalue weighted by Crippen LogP contribution is 2.47. The molecule has 1 aromatic rings. The predicted molar refractivity (Wildman–Crippen MR) is 84.0 cm³/mol. The Hall–Kier alpha value is -1.84. The van der Waals surface area contributed by atoms with Gasteiger partial charge in [0.1, 0.15) is 5.69 Å². The van der Waals surface area contributed by atoms with Gasteiger partial charge in [-0.2, -0.15) is 0 Å². The monoisotopic (exact) mass is 286 g/mol. The average molecular weight is 286 g/mol. The molecule has 3 rings (SSSR count). The fraction of sp³-hybridized carbons (Fsp3) is 0.529. The highest BCUT2D eigenvalue weighted by Gasteiger charge is 2.38. The molecule has 1 aromatic carbocycles. The molecule has 4 atom stereocenters.